The zero-order chi connectivity index (χ0) is 14.2. The van der Waals surface area contributed by atoms with Crippen molar-refractivity contribution in [3.05, 3.63) is 44.4 Å². The van der Waals surface area contributed by atoms with Gasteiger partial charge in [0.2, 0.25) is 5.88 Å². The molecule has 2 rings (SSSR count). The summed E-state index contributed by atoms with van der Waals surface area (Å²) in [5.41, 5.74) is 0.174. The van der Waals surface area contributed by atoms with Crippen molar-refractivity contribution in [2.45, 2.75) is 19.8 Å². The van der Waals surface area contributed by atoms with Gasteiger partial charge in [-0.05, 0) is 24.1 Å². The highest BCUT2D eigenvalue weighted by molar-refractivity contribution is 9.10. The molecule has 0 aliphatic carbocycles. The molecule has 0 spiro atoms. The summed E-state index contributed by atoms with van der Waals surface area (Å²) in [7, 11) is 0. The van der Waals surface area contributed by atoms with E-state index in [1.807, 2.05) is 0 Å². The lowest BCUT2D eigenvalue weighted by molar-refractivity contribution is 0.440. The van der Waals surface area contributed by atoms with E-state index in [1.54, 1.807) is 13.8 Å². The first-order valence-corrected chi connectivity index (χ1v) is 6.48. The standard InChI is InChI=1S/C13H12BrFN2O2/c1-6(2)10-12(18)16-11(17-13(10)19)8-5-7(15)3-4-9(8)14/h3-6H,1-2H3,(H2,16,17,18,19). The Bertz CT molecular complexity index is 683. The molecule has 1 heterocycles. The molecule has 2 aromatic rings. The summed E-state index contributed by atoms with van der Waals surface area (Å²) in [5.74, 6) is -0.808. The smallest absolute Gasteiger partial charge is 0.258 e. The van der Waals surface area contributed by atoms with Crippen molar-refractivity contribution in [2.75, 3.05) is 0 Å². The summed E-state index contributed by atoms with van der Waals surface area (Å²) in [6, 6.07) is 4.03. The van der Waals surface area contributed by atoms with Crippen LogP contribution in [0.2, 0.25) is 0 Å². The van der Waals surface area contributed by atoms with Crippen LogP contribution in [0.25, 0.3) is 11.4 Å². The van der Waals surface area contributed by atoms with Gasteiger partial charge in [0, 0.05) is 10.0 Å². The van der Waals surface area contributed by atoms with E-state index in [2.05, 4.69) is 25.9 Å². The summed E-state index contributed by atoms with van der Waals surface area (Å²) in [6.45, 7) is 3.56. The van der Waals surface area contributed by atoms with Gasteiger partial charge in [-0.1, -0.05) is 29.8 Å². The van der Waals surface area contributed by atoms with Crippen LogP contribution >= 0.6 is 15.9 Å². The number of hydrogen-bond donors (Lipinski definition) is 2. The van der Waals surface area contributed by atoms with Crippen LogP contribution in [0.5, 0.6) is 5.88 Å². The second-order valence-electron chi connectivity index (χ2n) is 4.43. The van der Waals surface area contributed by atoms with Gasteiger partial charge in [-0.15, -0.1) is 0 Å². The fourth-order valence-corrected chi connectivity index (χ4v) is 2.23. The summed E-state index contributed by atoms with van der Waals surface area (Å²) in [4.78, 5) is 18.4. The Morgan fingerprint density at radius 2 is 2.11 bits per heavy atom. The number of H-pyrrole nitrogens is 1. The zero-order valence-electron chi connectivity index (χ0n) is 10.4. The lowest BCUT2D eigenvalue weighted by Gasteiger charge is -2.09. The molecule has 6 heteroatoms. The Kier molecular flexibility index (Phi) is 3.71. The highest BCUT2D eigenvalue weighted by Gasteiger charge is 2.16. The Balaban J connectivity index is 2.65. The molecular formula is C13H12BrFN2O2. The van der Waals surface area contributed by atoms with E-state index in [1.165, 1.54) is 18.2 Å². The molecule has 0 amide bonds. The molecule has 4 nitrogen and oxygen atoms in total. The van der Waals surface area contributed by atoms with E-state index in [-0.39, 0.29) is 23.2 Å². The number of aromatic hydroxyl groups is 1. The minimum atomic E-state index is -0.451. The predicted molar refractivity (Wildman–Crippen MR) is 73.7 cm³/mol. The van der Waals surface area contributed by atoms with Gasteiger partial charge in [0.25, 0.3) is 5.56 Å². The summed E-state index contributed by atoms with van der Waals surface area (Å²) < 4.78 is 13.8. The van der Waals surface area contributed by atoms with Gasteiger partial charge in [-0.3, -0.25) is 4.79 Å². The zero-order valence-corrected chi connectivity index (χ0v) is 12.0. The first-order chi connectivity index (χ1) is 8.90. The van der Waals surface area contributed by atoms with Crippen molar-refractivity contribution >= 4 is 15.9 Å². The molecule has 0 saturated heterocycles. The highest BCUT2D eigenvalue weighted by atomic mass is 79.9. The van der Waals surface area contributed by atoms with Crippen molar-refractivity contribution in [1.82, 2.24) is 9.97 Å². The molecule has 2 N–H and O–H groups in total. The normalized spacial score (nSPS) is 11.0. The van der Waals surface area contributed by atoms with Crippen LogP contribution in [0, 0.1) is 5.82 Å². The van der Waals surface area contributed by atoms with Crippen molar-refractivity contribution in [3.63, 3.8) is 0 Å². The third-order valence-corrected chi connectivity index (χ3v) is 3.39. The number of rotatable bonds is 2. The van der Waals surface area contributed by atoms with E-state index < -0.39 is 11.4 Å². The molecule has 0 aliphatic heterocycles. The molecule has 19 heavy (non-hydrogen) atoms. The molecule has 0 bridgehead atoms. The maximum Gasteiger partial charge on any atom is 0.258 e. The highest BCUT2D eigenvalue weighted by Crippen LogP contribution is 2.28. The van der Waals surface area contributed by atoms with Crippen LogP contribution in [0.4, 0.5) is 4.39 Å². The van der Waals surface area contributed by atoms with Crippen LogP contribution in [0.15, 0.2) is 27.5 Å². The second-order valence-corrected chi connectivity index (χ2v) is 5.29. The lowest BCUT2D eigenvalue weighted by Crippen LogP contribution is -2.16. The van der Waals surface area contributed by atoms with Crippen molar-refractivity contribution in [2.24, 2.45) is 0 Å². The molecule has 0 radical (unpaired) electrons. The number of aromatic nitrogens is 2. The molecule has 1 aromatic heterocycles. The number of hydrogen-bond acceptors (Lipinski definition) is 3. The van der Waals surface area contributed by atoms with Crippen LogP contribution in [0.3, 0.4) is 0 Å². The Hall–Kier alpha value is -1.69. The third kappa shape index (κ3) is 2.68. The van der Waals surface area contributed by atoms with E-state index in [4.69, 9.17) is 0 Å². The van der Waals surface area contributed by atoms with E-state index in [0.717, 1.165) is 0 Å². The largest absolute Gasteiger partial charge is 0.493 e. The lowest BCUT2D eigenvalue weighted by atomic mass is 10.1. The Morgan fingerprint density at radius 1 is 1.42 bits per heavy atom. The van der Waals surface area contributed by atoms with Gasteiger partial charge >= 0.3 is 0 Å². The Labute approximate surface area is 117 Å². The molecule has 1 aromatic carbocycles. The third-order valence-electron chi connectivity index (χ3n) is 2.70. The van der Waals surface area contributed by atoms with Crippen molar-refractivity contribution in [3.8, 4) is 17.3 Å². The van der Waals surface area contributed by atoms with Gasteiger partial charge in [0.15, 0.2) is 0 Å². The van der Waals surface area contributed by atoms with Gasteiger partial charge in [-0.2, -0.15) is 4.98 Å². The maximum absolute atomic E-state index is 13.2. The number of aromatic amines is 1. The minimum Gasteiger partial charge on any atom is -0.493 e. The first kappa shape index (κ1) is 13.7. The molecular weight excluding hydrogens is 315 g/mol. The molecule has 0 atom stereocenters. The van der Waals surface area contributed by atoms with Crippen LogP contribution in [-0.2, 0) is 0 Å². The predicted octanol–water partition coefficient (Wildman–Crippen LogP) is 3.17. The monoisotopic (exact) mass is 326 g/mol. The van der Waals surface area contributed by atoms with Gasteiger partial charge in [0.1, 0.15) is 11.6 Å². The average molecular weight is 327 g/mol. The minimum absolute atomic E-state index is 0.123. The maximum atomic E-state index is 13.2. The fourth-order valence-electron chi connectivity index (χ4n) is 1.80. The SMILES string of the molecule is CC(C)c1c(O)nc(-c2cc(F)ccc2Br)[nH]c1=O. The van der Waals surface area contributed by atoms with Crippen molar-refractivity contribution in [1.29, 1.82) is 0 Å². The molecule has 0 unspecified atom stereocenters. The quantitative estimate of drug-likeness (QED) is 0.890. The van der Waals surface area contributed by atoms with Gasteiger partial charge in [0.05, 0.1) is 5.56 Å². The van der Waals surface area contributed by atoms with E-state index >= 15 is 0 Å². The molecule has 0 aliphatic rings. The van der Waals surface area contributed by atoms with Gasteiger partial charge in [-0.25, -0.2) is 4.39 Å². The summed E-state index contributed by atoms with van der Waals surface area (Å²) in [5, 5.41) is 9.82. The van der Waals surface area contributed by atoms with E-state index in [9.17, 15) is 14.3 Å². The van der Waals surface area contributed by atoms with Gasteiger partial charge < -0.3 is 10.1 Å². The summed E-state index contributed by atoms with van der Waals surface area (Å²) in [6.07, 6.45) is 0. The van der Waals surface area contributed by atoms with Crippen molar-refractivity contribution < 1.29 is 9.50 Å². The number of nitrogens with one attached hydrogen (secondary N) is 1. The molecule has 0 saturated carbocycles. The van der Waals surface area contributed by atoms with Crippen LogP contribution in [0.1, 0.15) is 25.3 Å². The van der Waals surface area contributed by atoms with Crippen LogP contribution < -0.4 is 5.56 Å². The molecule has 0 fully saturated rings. The fraction of sp³-hybridized carbons (Fsp3) is 0.231. The second kappa shape index (κ2) is 5.13. The number of halogens is 2. The first-order valence-electron chi connectivity index (χ1n) is 5.68. The number of benzene rings is 1. The van der Waals surface area contributed by atoms with E-state index in [0.29, 0.717) is 10.0 Å². The average Bonchev–Trinajstić information content (AvgIpc) is 2.30. The topological polar surface area (TPSA) is 66.0 Å². The number of nitrogens with zero attached hydrogens (tertiary/aromatic N) is 1. The molecule has 100 valence electrons. The summed E-state index contributed by atoms with van der Waals surface area (Å²) >= 11 is 3.25. The van der Waals surface area contributed by atoms with Crippen LogP contribution in [-0.4, -0.2) is 15.1 Å². The Morgan fingerprint density at radius 3 is 2.68 bits per heavy atom.